The van der Waals surface area contributed by atoms with Crippen LogP contribution in [0.3, 0.4) is 0 Å². The number of carbonyl (C=O) groups is 1. The average Bonchev–Trinajstić information content (AvgIpc) is 2.91. The first-order valence-corrected chi connectivity index (χ1v) is 6.52. The summed E-state index contributed by atoms with van der Waals surface area (Å²) >= 11 is 0. The Morgan fingerprint density at radius 2 is 2.10 bits per heavy atom. The van der Waals surface area contributed by atoms with Crippen LogP contribution in [0, 0.1) is 11.3 Å². The van der Waals surface area contributed by atoms with Crippen molar-refractivity contribution in [3.8, 4) is 17.5 Å². The number of rotatable bonds is 1. The van der Waals surface area contributed by atoms with Crippen LogP contribution in [0.25, 0.3) is 5.69 Å². The van der Waals surface area contributed by atoms with Crippen molar-refractivity contribution in [3.63, 3.8) is 0 Å². The van der Waals surface area contributed by atoms with Crippen LogP contribution in [-0.2, 0) is 10.3 Å². The first kappa shape index (κ1) is 13.3. The van der Waals surface area contributed by atoms with E-state index in [9.17, 15) is 10.1 Å². The molecule has 0 spiro atoms. The van der Waals surface area contributed by atoms with Gasteiger partial charge in [0.25, 0.3) is 0 Å². The Morgan fingerprint density at radius 1 is 1.33 bits per heavy atom. The van der Waals surface area contributed by atoms with Crippen molar-refractivity contribution in [2.75, 3.05) is 7.11 Å². The summed E-state index contributed by atoms with van der Waals surface area (Å²) in [7, 11) is 1.34. The molecule has 3 rings (SSSR count). The second-order valence-electron chi connectivity index (χ2n) is 5.34. The fraction of sp³-hybridized carbons (Fsp3) is 0.250. The van der Waals surface area contributed by atoms with Gasteiger partial charge in [-0.05, 0) is 44.2 Å². The summed E-state index contributed by atoms with van der Waals surface area (Å²) in [5.41, 5.74) is 1.92. The van der Waals surface area contributed by atoms with Crippen molar-refractivity contribution in [1.82, 2.24) is 4.57 Å². The molecule has 21 heavy (non-hydrogen) atoms. The van der Waals surface area contributed by atoms with Crippen LogP contribution in [-0.4, -0.2) is 17.6 Å². The second kappa shape index (κ2) is 4.38. The summed E-state index contributed by atoms with van der Waals surface area (Å²) in [4.78, 5) is 11.7. The van der Waals surface area contributed by atoms with Crippen LogP contribution < -0.4 is 4.74 Å². The van der Waals surface area contributed by atoms with Gasteiger partial charge in [-0.1, -0.05) is 0 Å². The van der Waals surface area contributed by atoms with Gasteiger partial charge in [0.15, 0.2) is 0 Å². The molecule has 2 heterocycles. The predicted molar refractivity (Wildman–Crippen MR) is 75.5 cm³/mol. The van der Waals surface area contributed by atoms with Crippen LogP contribution >= 0.6 is 0 Å². The van der Waals surface area contributed by atoms with E-state index < -0.39 is 11.6 Å². The standard InChI is InChI=1S/C16H14N2O3/c1-16(2)14-7-5-11(9-17)18(14)12-8-10(15(19)20-3)4-6-13(12)21-16/h4-8H,1-3H3. The minimum absolute atomic E-state index is 0.420. The smallest absolute Gasteiger partial charge is 0.337 e. The molecule has 0 amide bonds. The van der Waals surface area contributed by atoms with E-state index in [4.69, 9.17) is 9.47 Å². The van der Waals surface area contributed by atoms with Crippen LogP contribution in [0.2, 0.25) is 0 Å². The number of esters is 1. The van der Waals surface area contributed by atoms with Crippen LogP contribution in [0.15, 0.2) is 30.3 Å². The molecule has 0 aliphatic carbocycles. The van der Waals surface area contributed by atoms with E-state index >= 15 is 0 Å². The van der Waals surface area contributed by atoms with Gasteiger partial charge >= 0.3 is 5.97 Å². The van der Waals surface area contributed by atoms with Crippen molar-refractivity contribution in [3.05, 3.63) is 47.3 Å². The molecule has 1 aliphatic rings. The van der Waals surface area contributed by atoms with Gasteiger partial charge in [-0.15, -0.1) is 0 Å². The lowest BCUT2D eigenvalue weighted by Gasteiger charge is -2.34. The Labute approximate surface area is 122 Å². The predicted octanol–water partition coefficient (Wildman–Crippen LogP) is 2.76. The maximum Gasteiger partial charge on any atom is 0.337 e. The van der Waals surface area contributed by atoms with E-state index in [1.54, 1.807) is 24.3 Å². The van der Waals surface area contributed by atoms with E-state index in [0.717, 1.165) is 5.69 Å². The molecule has 106 valence electrons. The lowest BCUT2D eigenvalue weighted by Crippen LogP contribution is -2.32. The van der Waals surface area contributed by atoms with Crippen molar-refractivity contribution in [1.29, 1.82) is 5.26 Å². The van der Waals surface area contributed by atoms with Gasteiger partial charge in [0, 0.05) is 0 Å². The maximum atomic E-state index is 11.7. The van der Waals surface area contributed by atoms with Gasteiger partial charge in [0.1, 0.15) is 23.1 Å². The van der Waals surface area contributed by atoms with Gasteiger partial charge in [0.05, 0.1) is 24.1 Å². The van der Waals surface area contributed by atoms with Gasteiger partial charge in [0.2, 0.25) is 0 Å². The van der Waals surface area contributed by atoms with E-state index in [2.05, 4.69) is 6.07 Å². The van der Waals surface area contributed by atoms with Gasteiger partial charge in [-0.25, -0.2) is 4.79 Å². The topological polar surface area (TPSA) is 64.2 Å². The molecule has 0 unspecified atom stereocenters. The van der Waals surface area contributed by atoms with Gasteiger partial charge in [-0.2, -0.15) is 5.26 Å². The third-order valence-corrected chi connectivity index (χ3v) is 3.60. The Morgan fingerprint density at radius 3 is 2.76 bits per heavy atom. The zero-order chi connectivity index (χ0) is 15.2. The normalized spacial score (nSPS) is 14.4. The third-order valence-electron chi connectivity index (χ3n) is 3.60. The van der Waals surface area contributed by atoms with Crippen molar-refractivity contribution >= 4 is 5.97 Å². The van der Waals surface area contributed by atoms with Crippen molar-refractivity contribution < 1.29 is 14.3 Å². The number of nitriles is 1. The molecule has 0 atom stereocenters. The highest BCUT2D eigenvalue weighted by Crippen LogP contribution is 2.40. The zero-order valence-corrected chi connectivity index (χ0v) is 12.0. The number of benzene rings is 1. The average molecular weight is 282 g/mol. The maximum absolute atomic E-state index is 11.7. The number of methoxy groups -OCH3 is 1. The van der Waals surface area contributed by atoms with Crippen molar-refractivity contribution in [2.24, 2.45) is 0 Å². The molecule has 1 aromatic carbocycles. The van der Waals surface area contributed by atoms with Gasteiger partial charge < -0.3 is 9.47 Å². The summed E-state index contributed by atoms with van der Waals surface area (Å²) in [5, 5.41) is 9.30. The number of nitrogens with zero attached hydrogens (tertiary/aromatic N) is 2. The molecule has 2 aromatic rings. The molecule has 1 aliphatic heterocycles. The van der Waals surface area contributed by atoms with Gasteiger partial charge in [-0.3, -0.25) is 4.57 Å². The zero-order valence-electron chi connectivity index (χ0n) is 12.0. The molecule has 0 N–H and O–H groups in total. The Hall–Kier alpha value is -2.74. The Kier molecular flexibility index (Phi) is 2.77. The fourth-order valence-corrected chi connectivity index (χ4v) is 2.60. The van der Waals surface area contributed by atoms with E-state index in [-0.39, 0.29) is 0 Å². The largest absolute Gasteiger partial charge is 0.479 e. The highest BCUT2D eigenvalue weighted by Gasteiger charge is 2.34. The summed E-state index contributed by atoms with van der Waals surface area (Å²) < 4.78 is 12.6. The Bertz CT molecular complexity index is 781. The molecule has 0 saturated carbocycles. The highest BCUT2D eigenvalue weighted by atomic mass is 16.5. The summed E-state index contributed by atoms with van der Waals surface area (Å²) in [6.07, 6.45) is 0. The molecule has 1 aromatic heterocycles. The van der Waals surface area contributed by atoms with E-state index in [0.29, 0.717) is 22.7 Å². The number of hydrogen-bond donors (Lipinski definition) is 0. The number of aromatic nitrogens is 1. The van der Waals surface area contributed by atoms with E-state index in [1.807, 2.05) is 24.5 Å². The quantitative estimate of drug-likeness (QED) is 0.754. The number of carbonyl (C=O) groups excluding carboxylic acids is 1. The molecular formula is C16H14N2O3. The lowest BCUT2D eigenvalue weighted by atomic mass is 10.0. The SMILES string of the molecule is COC(=O)c1ccc2c(c1)-n1c(C#N)ccc1C(C)(C)O2. The molecule has 0 radical (unpaired) electrons. The monoisotopic (exact) mass is 282 g/mol. The summed E-state index contributed by atoms with van der Waals surface area (Å²) in [5.74, 6) is 0.211. The first-order chi connectivity index (χ1) is 9.97. The summed E-state index contributed by atoms with van der Waals surface area (Å²) in [6, 6.07) is 10.9. The molecule has 0 saturated heterocycles. The molecular weight excluding hydrogens is 268 g/mol. The van der Waals surface area contributed by atoms with Crippen LogP contribution in [0.1, 0.15) is 35.6 Å². The molecule has 0 fully saturated rings. The number of ether oxygens (including phenoxy) is 2. The number of fused-ring (bicyclic) bond motifs is 3. The van der Waals surface area contributed by atoms with Crippen LogP contribution in [0.4, 0.5) is 0 Å². The molecule has 0 bridgehead atoms. The van der Waals surface area contributed by atoms with Crippen LogP contribution in [0.5, 0.6) is 5.75 Å². The minimum atomic E-state index is -0.547. The minimum Gasteiger partial charge on any atom is -0.479 e. The third kappa shape index (κ3) is 1.88. The molecule has 5 nitrogen and oxygen atoms in total. The Balaban J connectivity index is 2.27. The number of hydrogen-bond acceptors (Lipinski definition) is 4. The first-order valence-electron chi connectivity index (χ1n) is 6.52. The highest BCUT2D eigenvalue weighted by molar-refractivity contribution is 5.90. The fourth-order valence-electron chi connectivity index (χ4n) is 2.60. The summed E-state index contributed by atoms with van der Waals surface area (Å²) in [6.45, 7) is 3.88. The lowest BCUT2D eigenvalue weighted by molar-refractivity contribution is 0.0600. The van der Waals surface area contributed by atoms with Crippen molar-refractivity contribution in [2.45, 2.75) is 19.4 Å². The van der Waals surface area contributed by atoms with E-state index in [1.165, 1.54) is 7.11 Å². The second-order valence-corrected chi connectivity index (χ2v) is 5.34. The molecule has 5 heteroatoms.